The Bertz CT molecular complexity index is 1130. The van der Waals surface area contributed by atoms with Crippen LogP contribution in [-0.4, -0.2) is 29.3 Å². The van der Waals surface area contributed by atoms with Gasteiger partial charge in [-0.3, -0.25) is 20.6 Å². The van der Waals surface area contributed by atoms with Gasteiger partial charge in [-0.25, -0.2) is 12.2 Å². The summed E-state index contributed by atoms with van der Waals surface area (Å²) in [5.41, 5.74) is 7.12. The molecule has 0 N–H and O–H groups in total. The topological polar surface area (TPSA) is 53.5 Å². The molecule has 0 atom stereocenters. The maximum atomic E-state index is 5.30. The standard InChI is InChI=1S/C34H57N6.C4H5.Mn/c1-22(2)13-28-19-31(16-25(7)8)38(35-28)34(39-32(17-26(9)10)20-29(36-39)14-23(3)4)40-33(18-27(11)12)21-30(37-40)15-24(5)6;1-3-4-2;/h19-27H,13-18H2,1-12H3;1,3-4H,2H2;/q2*-1;+2. The maximum Gasteiger partial charge on any atom is 2.00 e. The number of nitrogens with zero attached hydrogens (tertiary/aromatic N) is 6. The smallest absolute Gasteiger partial charge is 0.293 e. The normalized spacial score (nSPS) is 11.5. The van der Waals surface area contributed by atoms with E-state index in [1.54, 1.807) is 0 Å². The molecule has 0 saturated carbocycles. The Hall–Kier alpha value is -2.50. The number of rotatable bonds is 16. The number of hydrogen-bond donors (Lipinski definition) is 0. The molecule has 6 nitrogen and oxygen atoms in total. The van der Waals surface area contributed by atoms with Gasteiger partial charge in [0.15, 0.2) is 6.29 Å². The summed E-state index contributed by atoms with van der Waals surface area (Å²) in [4.78, 5) is 0. The fourth-order valence-corrected chi connectivity index (χ4v) is 5.46. The van der Waals surface area contributed by atoms with E-state index in [0.717, 1.165) is 61.9 Å². The van der Waals surface area contributed by atoms with Crippen LogP contribution >= 0.6 is 0 Å². The second-order valence-corrected chi connectivity index (χ2v) is 14.9. The van der Waals surface area contributed by atoms with E-state index in [-0.39, 0.29) is 17.1 Å². The molecule has 1 radical (unpaired) electrons. The summed E-state index contributed by atoms with van der Waals surface area (Å²) in [6.07, 6.45) is 9.58. The van der Waals surface area contributed by atoms with Crippen molar-refractivity contribution in [2.75, 3.05) is 0 Å². The quantitative estimate of drug-likeness (QED) is 0.0878. The van der Waals surface area contributed by atoms with Gasteiger partial charge < -0.3 is 0 Å². The number of aromatic nitrogens is 6. The zero-order chi connectivity index (χ0) is 33.1. The molecule has 7 heteroatoms. The molecule has 0 unspecified atom stereocenters. The van der Waals surface area contributed by atoms with E-state index >= 15 is 0 Å². The van der Waals surface area contributed by atoms with Crippen molar-refractivity contribution >= 4 is 0 Å². The van der Waals surface area contributed by atoms with E-state index in [1.165, 1.54) is 29.2 Å². The molecule has 3 heterocycles. The summed E-state index contributed by atoms with van der Waals surface area (Å²) in [5, 5.41) is 15.9. The molecular weight excluding hydrogens is 595 g/mol. The SMILES string of the molecule is CC(C)Cc1cc(CC(C)C)n([C-](n2nc(CC(C)C)cc2CC(C)C)n2nc(CC(C)C)cc2CC(C)C)n1.[CH-]=CC=C.[Mn+2]. The molecule has 3 rings (SSSR count). The van der Waals surface area contributed by atoms with Crippen molar-refractivity contribution in [3.05, 3.63) is 84.0 Å². The summed E-state index contributed by atoms with van der Waals surface area (Å²) in [5.74, 6) is 3.15. The molecule has 251 valence electrons. The maximum absolute atomic E-state index is 5.30. The Balaban J connectivity index is 0.00000191. The molecule has 0 spiro atoms. The molecule has 0 aromatic carbocycles. The molecule has 0 bridgehead atoms. The first kappa shape index (κ1) is 40.5. The molecule has 0 aliphatic rings. The largest absolute Gasteiger partial charge is 2.00 e. The summed E-state index contributed by atoms with van der Waals surface area (Å²) >= 11 is 0. The van der Waals surface area contributed by atoms with Gasteiger partial charge in [-0.1, -0.05) is 101 Å². The Kier molecular flexibility index (Phi) is 17.3. The summed E-state index contributed by atoms with van der Waals surface area (Å²) < 4.78 is 6.55. The van der Waals surface area contributed by atoms with Crippen molar-refractivity contribution in [2.24, 2.45) is 35.5 Å². The molecule has 0 saturated heterocycles. The fourth-order valence-electron chi connectivity index (χ4n) is 5.46. The fraction of sp³-hybridized carbons (Fsp3) is 0.632. The molecular formula is C38H62MnN6. The van der Waals surface area contributed by atoms with Gasteiger partial charge in [-0.2, -0.15) is 21.9 Å². The van der Waals surface area contributed by atoms with Gasteiger partial charge in [0.2, 0.25) is 0 Å². The predicted octanol–water partition coefficient (Wildman–Crippen LogP) is 9.02. The molecule has 0 aliphatic carbocycles. The van der Waals surface area contributed by atoms with E-state index in [1.807, 2.05) is 0 Å². The molecule has 45 heavy (non-hydrogen) atoms. The van der Waals surface area contributed by atoms with Crippen molar-refractivity contribution in [1.82, 2.24) is 29.3 Å². The first-order valence-corrected chi connectivity index (χ1v) is 16.9. The molecule has 3 aromatic rings. The summed E-state index contributed by atoms with van der Waals surface area (Å²) in [6.45, 7) is 35.4. The van der Waals surface area contributed by atoms with Gasteiger partial charge in [0.25, 0.3) is 0 Å². The van der Waals surface area contributed by atoms with Crippen LogP contribution in [0.2, 0.25) is 0 Å². The van der Waals surface area contributed by atoms with Crippen LogP contribution in [0.15, 0.2) is 36.9 Å². The van der Waals surface area contributed by atoms with Crippen LogP contribution in [0.1, 0.15) is 117 Å². The Morgan fingerprint density at radius 2 is 0.778 bits per heavy atom. The average molecular weight is 658 g/mol. The van der Waals surface area contributed by atoms with Crippen molar-refractivity contribution < 1.29 is 17.1 Å². The molecule has 0 amide bonds. The first-order valence-electron chi connectivity index (χ1n) is 16.9. The van der Waals surface area contributed by atoms with Crippen LogP contribution in [-0.2, 0) is 55.6 Å². The second kappa shape index (κ2) is 19.2. The van der Waals surface area contributed by atoms with Gasteiger partial charge in [0, 0.05) is 0 Å². The van der Waals surface area contributed by atoms with Crippen molar-refractivity contribution in [1.29, 1.82) is 0 Å². The third-order valence-electron chi connectivity index (χ3n) is 6.91. The first-order chi connectivity index (χ1) is 20.6. The molecule has 0 fully saturated rings. The van der Waals surface area contributed by atoms with Gasteiger partial charge in [0.05, 0.1) is 17.1 Å². The van der Waals surface area contributed by atoms with E-state index in [0.29, 0.717) is 35.5 Å². The summed E-state index contributed by atoms with van der Waals surface area (Å²) in [6, 6.07) is 6.96. The van der Waals surface area contributed by atoms with E-state index < -0.39 is 0 Å². The number of hydrogen-bond acceptors (Lipinski definition) is 3. The zero-order valence-corrected chi connectivity index (χ0v) is 31.6. The van der Waals surface area contributed by atoms with Gasteiger partial charge in [-0.15, -0.1) is 0 Å². The third kappa shape index (κ3) is 13.0. The minimum absolute atomic E-state index is 0. The van der Waals surface area contributed by atoms with E-state index in [2.05, 4.69) is 122 Å². The minimum Gasteiger partial charge on any atom is -0.293 e. The van der Waals surface area contributed by atoms with Gasteiger partial charge in [0.1, 0.15) is 0 Å². The van der Waals surface area contributed by atoms with Crippen LogP contribution in [0.4, 0.5) is 0 Å². The van der Waals surface area contributed by atoms with Crippen molar-refractivity contribution in [3.63, 3.8) is 0 Å². The van der Waals surface area contributed by atoms with Crippen LogP contribution in [0.5, 0.6) is 0 Å². The number of allylic oxidation sites excluding steroid dienone is 2. The molecule has 0 aliphatic heterocycles. The zero-order valence-electron chi connectivity index (χ0n) is 30.4. The van der Waals surface area contributed by atoms with Crippen molar-refractivity contribution in [2.45, 2.75) is 122 Å². The van der Waals surface area contributed by atoms with Crippen molar-refractivity contribution in [3.8, 4) is 0 Å². The van der Waals surface area contributed by atoms with E-state index in [4.69, 9.17) is 21.9 Å². The Labute approximate surface area is 286 Å². The Morgan fingerprint density at radius 1 is 0.556 bits per heavy atom. The minimum atomic E-state index is 0. The van der Waals surface area contributed by atoms with E-state index in [9.17, 15) is 0 Å². The third-order valence-corrected chi connectivity index (χ3v) is 6.91. The van der Waals surface area contributed by atoms with Crippen LogP contribution < -0.4 is 0 Å². The van der Waals surface area contributed by atoms with Crippen LogP contribution in [0, 0.1) is 48.4 Å². The predicted molar refractivity (Wildman–Crippen MR) is 186 cm³/mol. The summed E-state index contributed by atoms with van der Waals surface area (Å²) in [7, 11) is 0. The molecule has 3 aromatic heterocycles. The van der Waals surface area contributed by atoms with Crippen LogP contribution in [0.25, 0.3) is 0 Å². The van der Waals surface area contributed by atoms with Gasteiger partial charge >= 0.3 is 17.1 Å². The monoisotopic (exact) mass is 657 g/mol. The Morgan fingerprint density at radius 3 is 0.956 bits per heavy atom. The van der Waals surface area contributed by atoms with Crippen LogP contribution in [0.3, 0.4) is 0 Å². The average Bonchev–Trinajstić information content (AvgIpc) is 3.55. The van der Waals surface area contributed by atoms with Gasteiger partial charge in [-0.05, 0) is 91.1 Å². The second-order valence-electron chi connectivity index (χ2n) is 14.9.